The zero-order valence-corrected chi connectivity index (χ0v) is 26.3. The molecule has 2 unspecified atom stereocenters. The minimum Gasteiger partial charge on any atom is -0.416 e. The highest BCUT2D eigenvalue weighted by Crippen LogP contribution is 2.37. The van der Waals surface area contributed by atoms with Crippen molar-refractivity contribution in [3.8, 4) is 0 Å². The molecule has 3 atom stereocenters. The van der Waals surface area contributed by atoms with Crippen LogP contribution in [0.1, 0.15) is 37.5 Å². The maximum atomic E-state index is 13.8. The van der Waals surface area contributed by atoms with Crippen LogP contribution in [0.3, 0.4) is 0 Å². The van der Waals surface area contributed by atoms with Crippen LogP contribution in [-0.2, 0) is 43.3 Å². The Morgan fingerprint density at radius 2 is 1.29 bits per heavy atom. The van der Waals surface area contributed by atoms with Crippen LogP contribution >= 0.6 is 0 Å². The topological polar surface area (TPSA) is 103 Å². The zero-order chi connectivity index (χ0) is 30.4. The van der Waals surface area contributed by atoms with E-state index in [1.807, 2.05) is 91.0 Å². The molecule has 9 heteroatoms. The molecule has 0 amide bonds. The number of carbonyl (C=O) groups is 1. The smallest absolute Gasteiger partial charge is 0.191 e. The van der Waals surface area contributed by atoms with Crippen molar-refractivity contribution in [2.45, 2.75) is 77.0 Å². The summed E-state index contributed by atoms with van der Waals surface area (Å²) in [6.45, 7) is 11.3. The van der Waals surface area contributed by atoms with Crippen LogP contribution in [0.4, 0.5) is 0 Å². The fraction of sp³-hybridized carbons (Fsp3) is 0.424. The normalized spacial score (nSPS) is 14.0. The molecule has 0 fully saturated rings. The Kier molecular flexibility index (Phi) is 12.9. The fourth-order valence-electron chi connectivity index (χ4n) is 3.99. The number of carbonyl (C=O) groups excluding carboxylic acids is 1. The molecule has 42 heavy (non-hydrogen) atoms. The number of nitrogens with zero attached hydrogens (tertiary/aromatic N) is 3. The Hall–Kier alpha value is -3.30. The number of azide groups is 1. The summed E-state index contributed by atoms with van der Waals surface area (Å²) in [7, 11) is -2.21. The number of ketones is 1. The van der Waals surface area contributed by atoms with E-state index >= 15 is 0 Å². The number of Topliss-reactive ketones (excluding diaryl/α,β-unsaturated/α-hetero) is 1. The molecular weight excluding hydrogens is 546 g/mol. The van der Waals surface area contributed by atoms with Crippen molar-refractivity contribution in [3.05, 3.63) is 118 Å². The van der Waals surface area contributed by atoms with E-state index in [9.17, 15) is 10.3 Å². The molecule has 0 saturated carbocycles. The summed E-state index contributed by atoms with van der Waals surface area (Å²) in [6, 6.07) is 28.1. The van der Waals surface area contributed by atoms with Gasteiger partial charge in [0.1, 0.15) is 18.8 Å². The van der Waals surface area contributed by atoms with Gasteiger partial charge in [-0.05, 0) is 40.4 Å². The first kappa shape index (κ1) is 33.2. The molecule has 0 bridgehead atoms. The van der Waals surface area contributed by atoms with Gasteiger partial charge in [0.25, 0.3) is 0 Å². The zero-order valence-electron chi connectivity index (χ0n) is 25.3. The van der Waals surface area contributed by atoms with E-state index in [4.69, 9.17) is 18.6 Å². The molecule has 0 spiro atoms. The lowest BCUT2D eigenvalue weighted by molar-refractivity contribution is -0.153. The highest BCUT2D eigenvalue weighted by atomic mass is 28.4. The van der Waals surface area contributed by atoms with Crippen molar-refractivity contribution in [2.24, 2.45) is 5.11 Å². The lowest BCUT2D eigenvalue weighted by Gasteiger charge is -2.38. The third-order valence-corrected chi connectivity index (χ3v) is 12.0. The van der Waals surface area contributed by atoms with Crippen LogP contribution in [0.5, 0.6) is 0 Å². The van der Waals surface area contributed by atoms with Gasteiger partial charge in [0.2, 0.25) is 0 Å². The quantitative estimate of drug-likeness (QED) is 0.0696. The van der Waals surface area contributed by atoms with Gasteiger partial charge in [-0.15, -0.1) is 0 Å². The molecule has 0 aromatic heterocycles. The van der Waals surface area contributed by atoms with Crippen LogP contribution in [0.2, 0.25) is 18.1 Å². The highest BCUT2D eigenvalue weighted by Gasteiger charge is 2.41. The van der Waals surface area contributed by atoms with Gasteiger partial charge < -0.3 is 18.6 Å². The van der Waals surface area contributed by atoms with Crippen molar-refractivity contribution in [1.29, 1.82) is 0 Å². The van der Waals surface area contributed by atoms with E-state index in [0.717, 1.165) is 16.7 Å². The van der Waals surface area contributed by atoms with E-state index in [-0.39, 0.29) is 43.9 Å². The van der Waals surface area contributed by atoms with Gasteiger partial charge in [-0.3, -0.25) is 4.79 Å². The standard InChI is InChI=1S/C33H43N3O5Si/c1-33(2,3)42(4,5)41-24-29(35-36-34)31(39-22-27-17-11-7-12-18-27)32(40-23-28-19-13-8-14-20-28)30(37)25-38-21-26-15-9-6-10-16-26/h6-20,29,31-32H,21-25H2,1-5H3/t29?,31?,32-/m1/s1. The van der Waals surface area contributed by atoms with Crippen molar-refractivity contribution < 1.29 is 23.4 Å². The second-order valence-corrected chi connectivity index (χ2v) is 16.6. The van der Waals surface area contributed by atoms with E-state index in [2.05, 4.69) is 43.9 Å². The third-order valence-electron chi connectivity index (χ3n) is 7.53. The molecule has 0 radical (unpaired) electrons. The number of benzene rings is 3. The van der Waals surface area contributed by atoms with Crippen LogP contribution in [0.25, 0.3) is 10.4 Å². The first-order valence-electron chi connectivity index (χ1n) is 14.2. The van der Waals surface area contributed by atoms with E-state index in [0.29, 0.717) is 0 Å². The molecule has 224 valence electrons. The van der Waals surface area contributed by atoms with Gasteiger partial charge in [-0.1, -0.05) is 117 Å². The van der Waals surface area contributed by atoms with Gasteiger partial charge in [0.05, 0.1) is 25.9 Å². The SMILES string of the molecule is CC(C)(C)[Si](C)(C)OCC(N=[N+]=[N-])C(OCc1ccccc1)[C@H](OCc1ccccc1)C(=O)COCc1ccccc1. The number of ether oxygens (including phenoxy) is 3. The summed E-state index contributed by atoms with van der Waals surface area (Å²) in [6.07, 6.45) is -1.98. The molecule has 0 saturated heterocycles. The Morgan fingerprint density at radius 3 is 1.76 bits per heavy atom. The second kappa shape index (κ2) is 16.4. The van der Waals surface area contributed by atoms with Crippen LogP contribution < -0.4 is 0 Å². The molecule has 3 aromatic rings. The molecule has 3 aromatic carbocycles. The number of hydrogen-bond acceptors (Lipinski definition) is 6. The molecule has 0 heterocycles. The highest BCUT2D eigenvalue weighted by molar-refractivity contribution is 6.74. The summed E-state index contributed by atoms with van der Waals surface area (Å²) in [5, 5.41) is 4.03. The van der Waals surface area contributed by atoms with Gasteiger partial charge in [0, 0.05) is 11.5 Å². The molecule has 0 aliphatic carbocycles. The van der Waals surface area contributed by atoms with E-state index < -0.39 is 26.6 Å². The maximum Gasteiger partial charge on any atom is 0.191 e. The van der Waals surface area contributed by atoms with Crippen LogP contribution in [-0.4, -0.2) is 45.6 Å². The Labute approximate surface area is 250 Å². The van der Waals surface area contributed by atoms with Gasteiger partial charge in [-0.25, -0.2) is 0 Å². The summed E-state index contributed by atoms with van der Waals surface area (Å²) in [4.78, 5) is 16.9. The third kappa shape index (κ3) is 10.5. The first-order chi connectivity index (χ1) is 20.1. The van der Waals surface area contributed by atoms with Crippen molar-refractivity contribution in [3.63, 3.8) is 0 Å². The minimum absolute atomic E-state index is 0.0569. The first-order valence-corrected chi connectivity index (χ1v) is 17.1. The lowest BCUT2D eigenvalue weighted by atomic mass is 10.0. The van der Waals surface area contributed by atoms with E-state index in [1.165, 1.54) is 0 Å². The predicted molar refractivity (Wildman–Crippen MR) is 167 cm³/mol. The average molecular weight is 590 g/mol. The number of rotatable bonds is 17. The number of hydrogen-bond donors (Lipinski definition) is 0. The Balaban J connectivity index is 1.89. The fourth-order valence-corrected chi connectivity index (χ4v) is 5.01. The van der Waals surface area contributed by atoms with Crippen LogP contribution in [0.15, 0.2) is 96.1 Å². The van der Waals surface area contributed by atoms with Crippen molar-refractivity contribution in [1.82, 2.24) is 0 Å². The lowest BCUT2D eigenvalue weighted by Crippen LogP contribution is -2.50. The monoisotopic (exact) mass is 589 g/mol. The van der Waals surface area contributed by atoms with Crippen molar-refractivity contribution in [2.75, 3.05) is 13.2 Å². The molecule has 0 N–H and O–H groups in total. The van der Waals surface area contributed by atoms with Crippen LogP contribution in [0, 0.1) is 0 Å². The average Bonchev–Trinajstić information content (AvgIpc) is 2.98. The predicted octanol–water partition coefficient (Wildman–Crippen LogP) is 7.64. The van der Waals surface area contributed by atoms with Gasteiger partial charge >= 0.3 is 0 Å². The molecule has 0 aliphatic heterocycles. The van der Waals surface area contributed by atoms with Gasteiger partial charge in [-0.2, -0.15) is 0 Å². The Bertz CT molecular complexity index is 1260. The molecule has 0 aliphatic rings. The summed E-state index contributed by atoms with van der Waals surface area (Å²) in [5.41, 5.74) is 12.3. The largest absolute Gasteiger partial charge is 0.416 e. The van der Waals surface area contributed by atoms with E-state index in [1.54, 1.807) is 0 Å². The van der Waals surface area contributed by atoms with Gasteiger partial charge in [0.15, 0.2) is 14.1 Å². The molecule has 8 nitrogen and oxygen atoms in total. The molecular formula is C33H43N3O5Si. The molecule has 3 rings (SSSR count). The summed E-state index contributed by atoms with van der Waals surface area (Å²) in [5.74, 6) is -0.301. The second-order valence-electron chi connectivity index (χ2n) is 11.8. The summed E-state index contributed by atoms with van der Waals surface area (Å²) >= 11 is 0. The van der Waals surface area contributed by atoms with Crippen molar-refractivity contribution >= 4 is 14.1 Å². The summed E-state index contributed by atoms with van der Waals surface area (Å²) < 4.78 is 25.0. The maximum absolute atomic E-state index is 13.8. The Morgan fingerprint density at radius 1 is 0.810 bits per heavy atom. The minimum atomic E-state index is -2.21.